The second-order valence-electron chi connectivity index (χ2n) is 8.30. The van der Waals surface area contributed by atoms with Gasteiger partial charge in [-0.3, -0.25) is 9.69 Å². The van der Waals surface area contributed by atoms with Gasteiger partial charge in [-0.15, -0.1) is 23.7 Å². The first-order valence-corrected chi connectivity index (χ1v) is 11.1. The predicted octanol–water partition coefficient (Wildman–Crippen LogP) is 4.64. The van der Waals surface area contributed by atoms with Crippen LogP contribution in [0.1, 0.15) is 36.1 Å². The number of carbonyl (C=O) groups is 1. The number of carboxylic acids is 1. The molecular weight excluding hydrogens is 418 g/mol. The Labute approximate surface area is 187 Å². The highest BCUT2D eigenvalue weighted by Crippen LogP contribution is 2.43. The van der Waals surface area contributed by atoms with Crippen LogP contribution < -0.4 is 5.32 Å². The van der Waals surface area contributed by atoms with Crippen molar-refractivity contribution in [2.24, 2.45) is 0 Å². The Morgan fingerprint density at radius 3 is 2.63 bits per heavy atom. The van der Waals surface area contributed by atoms with Crippen LogP contribution in [-0.2, 0) is 16.8 Å². The molecule has 0 aliphatic heterocycles. The average molecular weight is 448 g/mol. The maximum atomic E-state index is 12.0. The van der Waals surface area contributed by atoms with E-state index in [1.165, 1.54) is 4.88 Å². The number of aromatic nitrogens is 1. The Hall–Kier alpha value is -1.86. The summed E-state index contributed by atoms with van der Waals surface area (Å²) in [5.41, 5.74) is 2.18. The molecule has 30 heavy (non-hydrogen) atoms. The fourth-order valence-corrected chi connectivity index (χ4v) is 5.81. The van der Waals surface area contributed by atoms with Gasteiger partial charge >= 0.3 is 5.97 Å². The summed E-state index contributed by atoms with van der Waals surface area (Å²) in [6.07, 6.45) is 6.47. The van der Waals surface area contributed by atoms with Crippen molar-refractivity contribution in [3.05, 3.63) is 58.4 Å². The van der Waals surface area contributed by atoms with E-state index >= 15 is 0 Å². The molecule has 1 saturated carbocycles. The summed E-state index contributed by atoms with van der Waals surface area (Å²) in [4.78, 5) is 19.0. The molecule has 1 fully saturated rings. The van der Waals surface area contributed by atoms with Gasteiger partial charge < -0.3 is 15.4 Å². The highest BCUT2D eigenvalue weighted by atomic mass is 35.5. The molecule has 0 saturated heterocycles. The summed E-state index contributed by atoms with van der Waals surface area (Å²) < 4.78 is 0. The van der Waals surface area contributed by atoms with Crippen molar-refractivity contribution in [3.8, 4) is 0 Å². The number of fused-ring (bicyclic) bond motifs is 1. The lowest BCUT2D eigenvalue weighted by Crippen LogP contribution is -2.51. The summed E-state index contributed by atoms with van der Waals surface area (Å²) >= 11 is 1.82. The van der Waals surface area contributed by atoms with E-state index in [0.717, 1.165) is 42.1 Å². The number of para-hydroxylation sites is 1. The van der Waals surface area contributed by atoms with Crippen molar-refractivity contribution in [2.75, 3.05) is 14.1 Å². The number of aliphatic carboxylic acids is 1. The fourth-order valence-electron chi connectivity index (χ4n) is 4.74. The van der Waals surface area contributed by atoms with Gasteiger partial charge in [0, 0.05) is 34.4 Å². The molecule has 0 radical (unpaired) electrons. The molecule has 4 rings (SSSR count). The van der Waals surface area contributed by atoms with Crippen LogP contribution >= 0.6 is 23.7 Å². The quantitative estimate of drug-likeness (QED) is 0.493. The average Bonchev–Trinajstić information content (AvgIpc) is 3.39. The third-order valence-electron chi connectivity index (χ3n) is 6.48. The van der Waals surface area contributed by atoms with Crippen LogP contribution in [0, 0.1) is 0 Å². The second-order valence-corrected chi connectivity index (χ2v) is 9.25. The van der Waals surface area contributed by atoms with E-state index in [1.807, 2.05) is 41.8 Å². The summed E-state index contributed by atoms with van der Waals surface area (Å²) in [5.74, 6) is -0.780. The number of halogens is 1. The molecular formula is C23H30ClN3O2S. The molecule has 3 aromatic rings. The molecule has 162 valence electrons. The van der Waals surface area contributed by atoms with E-state index in [0.29, 0.717) is 6.42 Å². The molecule has 1 aliphatic rings. The molecule has 1 unspecified atom stereocenters. The molecule has 0 spiro atoms. The number of hydrogen-bond acceptors (Lipinski definition) is 4. The van der Waals surface area contributed by atoms with Crippen LogP contribution in [-0.4, -0.2) is 47.1 Å². The van der Waals surface area contributed by atoms with Crippen molar-refractivity contribution in [1.29, 1.82) is 0 Å². The first-order chi connectivity index (χ1) is 14.0. The summed E-state index contributed by atoms with van der Waals surface area (Å²) in [6, 6.07) is 12.1. The molecule has 1 aliphatic carbocycles. The molecule has 7 heteroatoms. The van der Waals surface area contributed by atoms with Crippen LogP contribution in [0.5, 0.6) is 0 Å². The number of H-pyrrole nitrogens is 1. The Bertz CT molecular complexity index is 962. The lowest BCUT2D eigenvalue weighted by atomic mass is 9.77. The maximum absolute atomic E-state index is 12.0. The summed E-state index contributed by atoms with van der Waals surface area (Å²) in [6.45, 7) is 0. The van der Waals surface area contributed by atoms with E-state index in [1.54, 1.807) is 0 Å². The second kappa shape index (κ2) is 9.52. The third-order valence-corrected chi connectivity index (χ3v) is 7.55. The number of rotatable bonds is 7. The molecule has 0 amide bonds. The van der Waals surface area contributed by atoms with Crippen LogP contribution in [0.4, 0.5) is 0 Å². The summed E-state index contributed by atoms with van der Waals surface area (Å²) in [7, 11) is 4.31. The van der Waals surface area contributed by atoms with Crippen molar-refractivity contribution < 1.29 is 9.90 Å². The Kier molecular flexibility index (Phi) is 7.24. The van der Waals surface area contributed by atoms with E-state index in [9.17, 15) is 9.90 Å². The number of benzene rings is 1. The summed E-state index contributed by atoms with van der Waals surface area (Å²) in [5, 5.41) is 16.5. The Morgan fingerprint density at radius 1 is 1.27 bits per heavy atom. The molecule has 3 N–H and O–H groups in total. The maximum Gasteiger partial charge on any atom is 0.321 e. The predicted molar refractivity (Wildman–Crippen MR) is 126 cm³/mol. The number of aromatic amines is 1. The minimum Gasteiger partial charge on any atom is -0.480 e. The van der Waals surface area contributed by atoms with E-state index in [4.69, 9.17) is 0 Å². The first kappa shape index (κ1) is 22.8. The van der Waals surface area contributed by atoms with Gasteiger partial charge in [-0.1, -0.05) is 24.3 Å². The van der Waals surface area contributed by atoms with Crippen molar-refractivity contribution in [2.45, 2.75) is 49.7 Å². The Morgan fingerprint density at radius 2 is 2.00 bits per heavy atom. The van der Waals surface area contributed by atoms with Gasteiger partial charge in [0.1, 0.15) is 6.04 Å². The van der Waals surface area contributed by atoms with Crippen molar-refractivity contribution in [3.63, 3.8) is 0 Å². The third kappa shape index (κ3) is 4.42. The standard InChI is InChI=1S/C23H29N3O2S.ClH/c1-26(2)23(21-8-5-13-29-21)11-9-17(10-12-23)25-20(22(27)28)14-16-15-24-19-7-4-3-6-18(16)19;/h3-8,13,15,17,20,24-25H,9-12,14H2,1-2H3,(H,27,28);1H. The van der Waals surface area contributed by atoms with Gasteiger partial charge in [0.2, 0.25) is 0 Å². The monoisotopic (exact) mass is 447 g/mol. The van der Waals surface area contributed by atoms with Crippen molar-refractivity contribution >= 4 is 40.6 Å². The number of thiophene rings is 1. The number of hydrogen-bond donors (Lipinski definition) is 3. The molecule has 2 heterocycles. The number of nitrogens with one attached hydrogen (secondary N) is 2. The zero-order valence-electron chi connectivity index (χ0n) is 17.4. The van der Waals surface area contributed by atoms with Crippen LogP contribution in [0.3, 0.4) is 0 Å². The van der Waals surface area contributed by atoms with Gasteiger partial charge in [0.15, 0.2) is 0 Å². The van der Waals surface area contributed by atoms with Gasteiger partial charge in [-0.25, -0.2) is 0 Å². The van der Waals surface area contributed by atoms with Gasteiger partial charge in [-0.05, 0) is 62.9 Å². The smallest absolute Gasteiger partial charge is 0.321 e. The first-order valence-electron chi connectivity index (χ1n) is 10.2. The lowest BCUT2D eigenvalue weighted by Gasteiger charge is -2.45. The normalized spacial score (nSPS) is 22.7. The molecule has 5 nitrogen and oxygen atoms in total. The molecule has 1 aromatic carbocycles. The SMILES string of the molecule is CN(C)C1(c2cccs2)CCC(NC(Cc2c[nH]c3ccccc23)C(=O)O)CC1.Cl. The van der Waals surface area contributed by atoms with Gasteiger partial charge in [-0.2, -0.15) is 0 Å². The van der Waals surface area contributed by atoms with Crippen LogP contribution in [0.15, 0.2) is 48.0 Å². The van der Waals surface area contributed by atoms with Crippen LogP contribution in [0.2, 0.25) is 0 Å². The van der Waals surface area contributed by atoms with Crippen molar-refractivity contribution in [1.82, 2.24) is 15.2 Å². The largest absolute Gasteiger partial charge is 0.480 e. The highest BCUT2D eigenvalue weighted by molar-refractivity contribution is 7.10. The molecule has 0 bridgehead atoms. The fraction of sp³-hybridized carbons (Fsp3) is 0.435. The van der Waals surface area contributed by atoms with E-state index in [-0.39, 0.29) is 24.0 Å². The van der Waals surface area contributed by atoms with E-state index in [2.05, 4.69) is 46.8 Å². The minimum atomic E-state index is -0.780. The Balaban J connectivity index is 0.00000256. The zero-order valence-corrected chi connectivity index (χ0v) is 19.1. The number of nitrogens with zero attached hydrogens (tertiary/aromatic N) is 1. The lowest BCUT2D eigenvalue weighted by molar-refractivity contribution is -0.139. The highest BCUT2D eigenvalue weighted by Gasteiger charge is 2.40. The number of carboxylic acid groups (broad SMARTS) is 1. The van der Waals surface area contributed by atoms with Gasteiger partial charge in [0.05, 0.1) is 5.54 Å². The minimum absolute atomic E-state index is 0. The van der Waals surface area contributed by atoms with Gasteiger partial charge in [0.25, 0.3) is 0 Å². The topological polar surface area (TPSA) is 68.4 Å². The van der Waals surface area contributed by atoms with Crippen LogP contribution in [0.25, 0.3) is 10.9 Å². The van der Waals surface area contributed by atoms with E-state index < -0.39 is 12.0 Å². The molecule has 2 aromatic heterocycles. The molecule has 1 atom stereocenters. The zero-order chi connectivity index (χ0) is 20.4.